The van der Waals surface area contributed by atoms with Gasteiger partial charge >= 0.3 is 6.18 Å². The molecule has 0 aromatic carbocycles. The highest BCUT2D eigenvalue weighted by Gasteiger charge is 2.35. The van der Waals surface area contributed by atoms with Gasteiger partial charge in [-0.05, 0) is 18.9 Å². The maximum atomic E-state index is 12.7. The predicted octanol–water partition coefficient (Wildman–Crippen LogP) is 2.82. The third-order valence-corrected chi connectivity index (χ3v) is 3.33. The van der Waals surface area contributed by atoms with Gasteiger partial charge in [-0.25, -0.2) is 0 Å². The number of halogens is 3. The van der Waals surface area contributed by atoms with Gasteiger partial charge in [-0.1, -0.05) is 12.8 Å². The Balaban J connectivity index is 2.06. The van der Waals surface area contributed by atoms with Gasteiger partial charge in [0, 0.05) is 24.0 Å². The van der Waals surface area contributed by atoms with Gasteiger partial charge in [0.15, 0.2) is 5.78 Å². The lowest BCUT2D eigenvalue weighted by Crippen LogP contribution is -2.32. The zero-order chi connectivity index (χ0) is 13.9. The molecule has 1 saturated carbocycles. The number of ketones is 1. The quantitative estimate of drug-likeness (QED) is 0.857. The van der Waals surface area contributed by atoms with Crippen molar-refractivity contribution >= 4 is 5.78 Å². The second-order valence-corrected chi connectivity index (χ2v) is 4.70. The Bertz CT molecular complexity index is 453. The third-order valence-electron chi connectivity index (χ3n) is 3.33. The largest absolute Gasteiger partial charge is 0.417 e. The van der Waals surface area contributed by atoms with Crippen molar-refractivity contribution in [2.24, 2.45) is 0 Å². The van der Waals surface area contributed by atoms with E-state index in [0.29, 0.717) is 0 Å². The number of nitrogens with one attached hydrogen (secondary N) is 1. The molecule has 6 heteroatoms. The highest BCUT2D eigenvalue weighted by molar-refractivity contribution is 5.98. The molecule has 0 radical (unpaired) electrons. The van der Waals surface area contributed by atoms with E-state index in [9.17, 15) is 18.0 Å². The van der Waals surface area contributed by atoms with Crippen LogP contribution >= 0.6 is 0 Å². The number of hydrogen-bond acceptors (Lipinski definition) is 3. The van der Waals surface area contributed by atoms with Crippen molar-refractivity contribution in [3.8, 4) is 0 Å². The average Bonchev–Trinajstić information content (AvgIpc) is 2.88. The van der Waals surface area contributed by atoms with Gasteiger partial charge in [0.1, 0.15) is 0 Å². The molecule has 2 rings (SSSR count). The van der Waals surface area contributed by atoms with E-state index < -0.39 is 17.5 Å². The summed E-state index contributed by atoms with van der Waals surface area (Å²) in [6.45, 7) is -0.0700. The second kappa shape index (κ2) is 5.69. The summed E-state index contributed by atoms with van der Waals surface area (Å²) in [5.41, 5.74) is -1.28. The fourth-order valence-electron chi connectivity index (χ4n) is 2.33. The topological polar surface area (TPSA) is 42.0 Å². The standard InChI is InChI=1S/C13H15F3N2O/c14-13(15,16)11-5-6-17-7-10(11)12(19)8-18-9-3-1-2-4-9/h5-7,9,18H,1-4,8H2. The van der Waals surface area contributed by atoms with Crippen LogP contribution in [0.5, 0.6) is 0 Å². The van der Waals surface area contributed by atoms with Crippen LogP contribution in [0.3, 0.4) is 0 Å². The first-order chi connectivity index (χ1) is 8.98. The van der Waals surface area contributed by atoms with Crippen molar-refractivity contribution in [1.29, 1.82) is 0 Å². The Hall–Kier alpha value is -1.43. The van der Waals surface area contributed by atoms with Crippen LogP contribution in [0.2, 0.25) is 0 Å². The highest BCUT2D eigenvalue weighted by atomic mass is 19.4. The van der Waals surface area contributed by atoms with Gasteiger partial charge in [-0.2, -0.15) is 13.2 Å². The Kier molecular flexibility index (Phi) is 4.19. The lowest BCUT2D eigenvalue weighted by Gasteiger charge is -2.14. The molecular weight excluding hydrogens is 257 g/mol. The molecule has 0 aliphatic heterocycles. The maximum Gasteiger partial charge on any atom is 0.417 e. The summed E-state index contributed by atoms with van der Waals surface area (Å²) >= 11 is 0. The second-order valence-electron chi connectivity index (χ2n) is 4.70. The fraction of sp³-hybridized carbons (Fsp3) is 0.538. The summed E-state index contributed by atoms with van der Waals surface area (Å²) in [5, 5.41) is 3.01. The van der Waals surface area contributed by atoms with Crippen molar-refractivity contribution in [2.45, 2.75) is 37.9 Å². The van der Waals surface area contributed by atoms with Crippen LogP contribution in [0.15, 0.2) is 18.5 Å². The number of rotatable bonds is 4. The molecular formula is C13H15F3N2O. The van der Waals surface area contributed by atoms with E-state index in [1.54, 1.807) is 0 Å². The molecule has 0 atom stereocenters. The normalized spacial score (nSPS) is 16.8. The summed E-state index contributed by atoms with van der Waals surface area (Å²) in [4.78, 5) is 15.5. The molecule has 3 nitrogen and oxygen atoms in total. The molecule has 1 fully saturated rings. The molecule has 0 spiro atoms. The molecule has 0 amide bonds. The van der Waals surface area contributed by atoms with Crippen molar-refractivity contribution < 1.29 is 18.0 Å². The lowest BCUT2D eigenvalue weighted by atomic mass is 10.1. The van der Waals surface area contributed by atoms with Crippen LogP contribution in [-0.2, 0) is 6.18 Å². The number of nitrogens with zero attached hydrogens (tertiary/aromatic N) is 1. The van der Waals surface area contributed by atoms with Gasteiger partial charge in [-0.15, -0.1) is 0 Å². The van der Waals surface area contributed by atoms with E-state index >= 15 is 0 Å². The Morgan fingerprint density at radius 2 is 2.05 bits per heavy atom. The molecule has 0 saturated heterocycles. The van der Waals surface area contributed by atoms with E-state index in [0.717, 1.165) is 44.1 Å². The van der Waals surface area contributed by atoms with Crippen molar-refractivity contribution in [1.82, 2.24) is 10.3 Å². The molecule has 104 valence electrons. The molecule has 0 unspecified atom stereocenters. The van der Waals surface area contributed by atoms with Crippen molar-refractivity contribution in [2.75, 3.05) is 6.54 Å². The van der Waals surface area contributed by atoms with Crippen LogP contribution in [0, 0.1) is 0 Å². The monoisotopic (exact) mass is 272 g/mol. The third kappa shape index (κ3) is 3.53. The fourth-order valence-corrected chi connectivity index (χ4v) is 2.33. The van der Waals surface area contributed by atoms with Gasteiger partial charge in [-0.3, -0.25) is 9.78 Å². The first-order valence-corrected chi connectivity index (χ1v) is 6.26. The number of carbonyl (C=O) groups excluding carboxylic acids is 1. The van der Waals surface area contributed by atoms with Gasteiger partial charge in [0.25, 0.3) is 0 Å². The molecule has 1 aliphatic carbocycles. The summed E-state index contributed by atoms with van der Waals surface area (Å²) in [5.74, 6) is -0.563. The van der Waals surface area contributed by atoms with Crippen molar-refractivity contribution in [3.63, 3.8) is 0 Å². The minimum Gasteiger partial charge on any atom is -0.307 e. The average molecular weight is 272 g/mol. The number of aromatic nitrogens is 1. The number of alkyl halides is 3. The molecule has 1 aromatic heterocycles. The molecule has 1 N–H and O–H groups in total. The molecule has 1 heterocycles. The minimum atomic E-state index is -4.53. The predicted molar refractivity (Wildman–Crippen MR) is 63.8 cm³/mol. The zero-order valence-corrected chi connectivity index (χ0v) is 10.3. The van der Waals surface area contributed by atoms with Gasteiger partial charge in [0.05, 0.1) is 12.1 Å². The summed E-state index contributed by atoms with van der Waals surface area (Å²) in [6, 6.07) is 1.08. The van der Waals surface area contributed by atoms with E-state index in [1.165, 1.54) is 0 Å². The number of hydrogen-bond donors (Lipinski definition) is 1. The van der Waals surface area contributed by atoms with Crippen LogP contribution in [0.25, 0.3) is 0 Å². The van der Waals surface area contributed by atoms with E-state index in [-0.39, 0.29) is 18.2 Å². The molecule has 1 aromatic rings. The van der Waals surface area contributed by atoms with E-state index in [4.69, 9.17) is 0 Å². The van der Waals surface area contributed by atoms with Crippen LogP contribution in [-0.4, -0.2) is 23.4 Å². The van der Waals surface area contributed by atoms with E-state index in [2.05, 4.69) is 10.3 Å². The molecule has 0 bridgehead atoms. The van der Waals surface area contributed by atoms with Gasteiger partial charge < -0.3 is 5.32 Å². The Morgan fingerprint density at radius 1 is 1.37 bits per heavy atom. The highest BCUT2D eigenvalue weighted by Crippen LogP contribution is 2.31. The number of carbonyl (C=O) groups is 1. The number of Topliss-reactive ketones (excluding diaryl/α,β-unsaturated/α-hetero) is 1. The summed E-state index contributed by atoms with van der Waals surface area (Å²) in [6.07, 6.45) is 1.67. The van der Waals surface area contributed by atoms with Crippen molar-refractivity contribution in [3.05, 3.63) is 29.6 Å². The van der Waals surface area contributed by atoms with Gasteiger partial charge in [0.2, 0.25) is 0 Å². The zero-order valence-electron chi connectivity index (χ0n) is 10.3. The van der Waals surface area contributed by atoms with Crippen LogP contribution in [0.4, 0.5) is 13.2 Å². The molecule has 1 aliphatic rings. The minimum absolute atomic E-state index is 0.0700. The summed E-state index contributed by atoms with van der Waals surface area (Å²) in [7, 11) is 0. The maximum absolute atomic E-state index is 12.7. The lowest BCUT2D eigenvalue weighted by molar-refractivity contribution is -0.138. The first-order valence-electron chi connectivity index (χ1n) is 6.26. The Morgan fingerprint density at radius 3 is 2.68 bits per heavy atom. The molecule has 19 heavy (non-hydrogen) atoms. The Labute approximate surface area is 109 Å². The SMILES string of the molecule is O=C(CNC1CCCC1)c1cnccc1C(F)(F)F. The van der Waals surface area contributed by atoms with Crippen LogP contribution in [0.1, 0.15) is 41.6 Å². The number of pyridine rings is 1. The first kappa shape index (κ1) is 14.0. The van der Waals surface area contributed by atoms with Crippen LogP contribution < -0.4 is 5.32 Å². The summed E-state index contributed by atoms with van der Waals surface area (Å²) < 4.78 is 38.2. The van der Waals surface area contributed by atoms with E-state index in [1.807, 2.05) is 0 Å². The smallest absolute Gasteiger partial charge is 0.307 e.